The monoisotopic (exact) mass is 302 g/mol. The Hall–Kier alpha value is -2.92. The SMILES string of the molecule is N#CCC(=O)Nn1cc(O)n(C(=O)c2ccccc2)c1=S. The van der Waals surface area contributed by atoms with Crippen LogP contribution in [0, 0.1) is 16.1 Å². The lowest BCUT2D eigenvalue weighted by Gasteiger charge is -2.04. The zero-order valence-corrected chi connectivity index (χ0v) is 11.5. The molecule has 8 heteroatoms. The number of rotatable bonds is 3. The van der Waals surface area contributed by atoms with Gasteiger partial charge in [-0.3, -0.25) is 15.0 Å². The number of aromatic nitrogens is 2. The highest BCUT2D eigenvalue weighted by atomic mass is 32.1. The molecule has 0 saturated carbocycles. The molecular weight excluding hydrogens is 292 g/mol. The van der Waals surface area contributed by atoms with Gasteiger partial charge in [0, 0.05) is 5.56 Å². The van der Waals surface area contributed by atoms with Crippen LogP contribution in [0.4, 0.5) is 0 Å². The van der Waals surface area contributed by atoms with Crippen molar-refractivity contribution in [3.63, 3.8) is 0 Å². The number of hydrogen-bond donors (Lipinski definition) is 2. The molecule has 2 rings (SSSR count). The molecule has 0 aliphatic carbocycles. The van der Waals surface area contributed by atoms with Crippen molar-refractivity contribution in [1.29, 1.82) is 5.26 Å². The molecule has 1 amide bonds. The van der Waals surface area contributed by atoms with Crippen molar-refractivity contribution in [2.24, 2.45) is 0 Å². The number of amides is 1. The van der Waals surface area contributed by atoms with E-state index in [-0.39, 0.29) is 11.2 Å². The number of aromatic hydroxyl groups is 1. The first-order chi connectivity index (χ1) is 10.0. The van der Waals surface area contributed by atoms with Gasteiger partial charge in [0.25, 0.3) is 11.8 Å². The molecule has 0 unspecified atom stereocenters. The molecule has 0 aliphatic rings. The van der Waals surface area contributed by atoms with E-state index >= 15 is 0 Å². The van der Waals surface area contributed by atoms with Crippen LogP contribution in [0.25, 0.3) is 0 Å². The van der Waals surface area contributed by atoms with Gasteiger partial charge in [-0.25, -0.2) is 9.24 Å². The summed E-state index contributed by atoms with van der Waals surface area (Å²) in [6.07, 6.45) is 0.735. The Bertz CT molecular complexity index is 786. The first-order valence-corrected chi connectivity index (χ1v) is 6.25. The van der Waals surface area contributed by atoms with Crippen molar-refractivity contribution >= 4 is 24.0 Å². The van der Waals surface area contributed by atoms with Crippen molar-refractivity contribution in [3.8, 4) is 11.9 Å². The van der Waals surface area contributed by atoms with Crippen molar-refractivity contribution in [2.75, 3.05) is 5.43 Å². The average molecular weight is 302 g/mol. The van der Waals surface area contributed by atoms with Crippen molar-refractivity contribution < 1.29 is 14.7 Å². The van der Waals surface area contributed by atoms with Crippen LogP contribution in [-0.2, 0) is 4.79 Å². The quantitative estimate of drug-likeness (QED) is 0.835. The summed E-state index contributed by atoms with van der Waals surface area (Å²) in [6, 6.07) is 9.95. The maximum absolute atomic E-state index is 12.3. The number of nitrogens with one attached hydrogen (secondary N) is 1. The fourth-order valence-corrected chi connectivity index (χ4v) is 1.94. The summed E-state index contributed by atoms with van der Waals surface area (Å²) < 4.78 is 1.80. The molecule has 7 nitrogen and oxygen atoms in total. The van der Waals surface area contributed by atoms with E-state index in [1.807, 2.05) is 0 Å². The van der Waals surface area contributed by atoms with Crippen LogP contribution in [-0.4, -0.2) is 26.2 Å². The van der Waals surface area contributed by atoms with E-state index in [2.05, 4.69) is 5.43 Å². The third-order valence-corrected chi connectivity index (χ3v) is 2.96. The van der Waals surface area contributed by atoms with Crippen molar-refractivity contribution in [2.45, 2.75) is 6.42 Å². The molecule has 0 spiro atoms. The first-order valence-electron chi connectivity index (χ1n) is 5.84. The molecule has 2 aromatic rings. The molecule has 0 aliphatic heterocycles. The Kier molecular flexibility index (Phi) is 4.15. The number of carbonyl (C=O) groups is 2. The average Bonchev–Trinajstić information content (AvgIpc) is 2.74. The normalized spacial score (nSPS) is 9.86. The van der Waals surface area contributed by atoms with Gasteiger partial charge < -0.3 is 5.11 Å². The molecule has 0 saturated heterocycles. The van der Waals surface area contributed by atoms with Gasteiger partial charge >= 0.3 is 0 Å². The molecule has 1 aromatic heterocycles. The summed E-state index contributed by atoms with van der Waals surface area (Å²) >= 11 is 5.04. The van der Waals surface area contributed by atoms with Crippen molar-refractivity contribution in [1.82, 2.24) is 9.24 Å². The molecular formula is C13H10N4O3S. The van der Waals surface area contributed by atoms with Gasteiger partial charge in [0.05, 0.1) is 12.3 Å². The minimum atomic E-state index is -0.599. The fraction of sp³-hybridized carbons (Fsp3) is 0.0769. The Balaban J connectivity index is 2.37. The minimum absolute atomic E-state index is 0.104. The summed E-state index contributed by atoms with van der Waals surface area (Å²) in [5, 5.41) is 18.3. The summed E-state index contributed by atoms with van der Waals surface area (Å²) in [7, 11) is 0. The second kappa shape index (κ2) is 6.02. The second-order valence-corrected chi connectivity index (χ2v) is 4.38. The van der Waals surface area contributed by atoms with Gasteiger partial charge in [0.15, 0.2) is 0 Å². The standard InChI is InChI=1S/C13H10N4O3S/c14-7-6-10(18)15-16-8-11(19)17(13(16)21)12(20)9-4-2-1-3-5-9/h1-5,8,19H,6H2,(H,15,18). The van der Waals surface area contributed by atoms with Gasteiger partial charge in [0.1, 0.15) is 6.42 Å². The highest BCUT2D eigenvalue weighted by molar-refractivity contribution is 7.71. The predicted molar refractivity (Wildman–Crippen MR) is 75.7 cm³/mol. The van der Waals surface area contributed by atoms with E-state index < -0.39 is 17.7 Å². The summed E-state index contributed by atoms with van der Waals surface area (Å²) in [5.74, 6) is -1.53. The van der Waals surface area contributed by atoms with Crippen LogP contribution in [0.1, 0.15) is 16.8 Å². The minimum Gasteiger partial charge on any atom is -0.493 e. The van der Waals surface area contributed by atoms with Gasteiger partial charge in [-0.15, -0.1) is 0 Å². The topological polar surface area (TPSA) is 100 Å². The number of nitriles is 1. The van der Waals surface area contributed by atoms with E-state index in [1.165, 1.54) is 0 Å². The van der Waals surface area contributed by atoms with Crippen LogP contribution in [0.3, 0.4) is 0 Å². The van der Waals surface area contributed by atoms with Gasteiger partial charge in [-0.1, -0.05) is 18.2 Å². The van der Waals surface area contributed by atoms with Crippen LogP contribution < -0.4 is 5.43 Å². The van der Waals surface area contributed by atoms with Gasteiger partial charge in [-0.2, -0.15) is 5.26 Å². The number of hydrogen-bond acceptors (Lipinski definition) is 5. The number of nitrogens with zero attached hydrogens (tertiary/aromatic N) is 3. The molecule has 0 radical (unpaired) electrons. The fourth-order valence-electron chi connectivity index (χ4n) is 1.66. The Morgan fingerprint density at radius 1 is 1.33 bits per heavy atom. The van der Waals surface area contributed by atoms with E-state index in [1.54, 1.807) is 36.4 Å². The van der Waals surface area contributed by atoms with Gasteiger partial charge in [-0.05, 0) is 24.4 Å². The van der Waals surface area contributed by atoms with Crippen LogP contribution in [0.2, 0.25) is 0 Å². The van der Waals surface area contributed by atoms with E-state index in [4.69, 9.17) is 17.5 Å². The molecule has 0 atom stereocenters. The Morgan fingerprint density at radius 3 is 2.62 bits per heavy atom. The summed E-state index contributed by atoms with van der Waals surface area (Å²) in [4.78, 5) is 23.6. The largest absolute Gasteiger partial charge is 0.493 e. The second-order valence-electron chi connectivity index (χ2n) is 4.02. The zero-order valence-electron chi connectivity index (χ0n) is 10.7. The molecule has 0 fully saturated rings. The third kappa shape index (κ3) is 2.98. The highest BCUT2D eigenvalue weighted by Gasteiger charge is 2.17. The maximum atomic E-state index is 12.3. The lowest BCUT2D eigenvalue weighted by Crippen LogP contribution is -2.22. The predicted octanol–water partition coefficient (Wildman–Crippen LogP) is 1.40. The zero-order chi connectivity index (χ0) is 15.4. The van der Waals surface area contributed by atoms with Crippen LogP contribution in [0.15, 0.2) is 36.5 Å². The lowest BCUT2D eigenvalue weighted by atomic mass is 10.2. The molecule has 106 valence electrons. The Morgan fingerprint density at radius 2 is 2.00 bits per heavy atom. The third-order valence-electron chi connectivity index (χ3n) is 2.58. The smallest absolute Gasteiger partial charge is 0.267 e. The number of imidazole rings is 1. The van der Waals surface area contributed by atoms with Crippen LogP contribution >= 0.6 is 12.2 Å². The number of carbonyl (C=O) groups excluding carboxylic acids is 2. The van der Waals surface area contributed by atoms with Crippen LogP contribution in [0.5, 0.6) is 5.88 Å². The van der Waals surface area contributed by atoms with E-state index in [9.17, 15) is 14.7 Å². The molecule has 21 heavy (non-hydrogen) atoms. The summed E-state index contributed by atoms with van der Waals surface area (Å²) in [6.45, 7) is 0. The Labute approximate surface area is 124 Å². The lowest BCUT2D eigenvalue weighted by molar-refractivity contribution is -0.116. The highest BCUT2D eigenvalue weighted by Crippen LogP contribution is 2.14. The van der Waals surface area contributed by atoms with E-state index in [0.717, 1.165) is 15.4 Å². The molecule has 1 heterocycles. The van der Waals surface area contributed by atoms with Crippen molar-refractivity contribution in [3.05, 3.63) is 46.9 Å². The van der Waals surface area contributed by atoms with E-state index in [0.29, 0.717) is 5.56 Å². The molecule has 0 bridgehead atoms. The molecule has 1 aromatic carbocycles. The number of benzene rings is 1. The first kappa shape index (κ1) is 14.5. The maximum Gasteiger partial charge on any atom is 0.267 e. The van der Waals surface area contributed by atoms with Gasteiger partial charge in [0.2, 0.25) is 10.7 Å². The summed E-state index contributed by atoms with van der Waals surface area (Å²) in [5.41, 5.74) is 2.63. The molecule has 2 N–H and O–H groups in total.